The van der Waals surface area contributed by atoms with E-state index in [9.17, 15) is 4.79 Å². The zero-order chi connectivity index (χ0) is 12.0. The van der Waals surface area contributed by atoms with E-state index in [1.807, 2.05) is 31.2 Å². The molecule has 2 N–H and O–H groups in total. The van der Waals surface area contributed by atoms with E-state index in [0.29, 0.717) is 5.75 Å². The van der Waals surface area contributed by atoms with E-state index in [4.69, 9.17) is 5.11 Å². The summed E-state index contributed by atoms with van der Waals surface area (Å²) in [5.41, 5.74) is 1.21. The number of carbonyl (C=O) groups excluding carboxylic acids is 1. The number of hydrogen-bond acceptors (Lipinski definition) is 3. The first-order chi connectivity index (χ1) is 7.61. The van der Waals surface area contributed by atoms with Crippen molar-refractivity contribution >= 4 is 17.7 Å². The summed E-state index contributed by atoms with van der Waals surface area (Å²) in [6.45, 7) is 3.78. The SMILES string of the molecule is Cc1ccc(SCC(=O)NC(C)CO)cc1. The van der Waals surface area contributed by atoms with E-state index in [1.165, 1.54) is 17.3 Å². The molecule has 1 rings (SSSR count). The Morgan fingerprint density at radius 3 is 2.62 bits per heavy atom. The zero-order valence-corrected chi connectivity index (χ0v) is 10.4. The predicted molar refractivity (Wildman–Crippen MR) is 66.6 cm³/mol. The van der Waals surface area contributed by atoms with Gasteiger partial charge in [-0.3, -0.25) is 4.79 Å². The Bertz CT molecular complexity index is 337. The van der Waals surface area contributed by atoms with Gasteiger partial charge in [-0.05, 0) is 26.0 Å². The molecule has 0 saturated heterocycles. The molecule has 0 aliphatic rings. The van der Waals surface area contributed by atoms with Gasteiger partial charge < -0.3 is 10.4 Å². The van der Waals surface area contributed by atoms with Crippen LogP contribution < -0.4 is 5.32 Å². The second-order valence-corrected chi connectivity index (χ2v) is 4.80. The lowest BCUT2D eigenvalue weighted by Crippen LogP contribution is -2.36. The number of nitrogens with one attached hydrogen (secondary N) is 1. The minimum absolute atomic E-state index is 0.0268. The highest BCUT2D eigenvalue weighted by atomic mass is 32.2. The Morgan fingerprint density at radius 2 is 2.06 bits per heavy atom. The van der Waals surface area contributed by atoms with E-state index in [1.54, 1.807) is 6.92 Å². The molecule has 1 atom stereocenters. The van der Waals surface area contributed by atoms with E-state index in [-0.39, 0.29) is 18.6 Å². The Kier molecular flexibility index (Phi) is 5.35. The number of benzene rings is 1. The maximum atomic E-state index is 11.4. The van der Waals surface area contributed by atoms with Gasteiger partial charge in [0.1, 0.15) is 0 Å². The zero-order valence-electron chi connectivity index (χ0n) is 9.56. The molecule has 0 aliphatic carbocycles. The number of aryl methyl sites for hydroxylation is 1. The smallest absolute Gasteiger partial charge is 0.230 e. The standard InChI is InChI=1S/C12H17NO2S/c1-9-3-5-11(6-4-9)16-8-12(15)13-10(2)7-14/h3-6,10,14H,7-8H2,1-2H3,(H,13,15). The maximum absolute atomic E-state index is 11.4. The molecule has 0 heterocycles. The Hall–Kier alpha value is -1.00. The van der Waals surface area contributed by atoms with Gasteiger partial charge in [-0.2, -0.15) is 0 Å². The second-order valence-electron chi connectivity index (χ2n) is 3.75. The van der Waals surface area contributed by atoms with Gasteiger partial charge in [-0.1, -0.05) is 17.7 Å². The Labute approximate surface area is 100 Å². The first-order valence-electron chi connectivity index (χ1n) is 5.21. The molecule has 0 aliphatic heterocycles. The lowest BCUT2D eigenvalue weighted by molar-refractivity contribution is -0.119. The average Bonchev–Trinajstić information content (AvgIpc) is 2.28. The first-order valence-corrected chi connectivity index (χ1v) is 6.20. The fraction of sp³-hybridized carbons (Fsp3) is 0.417. The van der Waals surface area contributed by atoms with Crippen molar-refractivity contribution in [2.75, 3.05) is 12.4 Å². The summed E-state index contributed by atoms with van der Waals surface area (Å²) in [6.07, 6.45) is 0. The van der Waals surface area contributed by atoms with Crippen LogP contribution in [-0.2, 0) is 4.79 Å². The molecule has 0 aromatic heterocycles. The van der Waals surface area contributed by atoms with Crippen molar-refractivity contribution in [3.05, 3.63) is 29.8 Å². The fourth-order valence-corrected chi connectivity index (χ4v) is 1.86. The molecule has 16 heavy (non-hydrogen) atoms. The normalized spacial score (nSPS) is 12.2. The lowest BCUT2D eigenvalue weighted by atomic mass is 10.2. The van der Waals surface area contributed by atoms with E-state index >= 15 is 0 Å². The minimum Gasteiger partial charge on any atom is -0.394 e. The van der Waals surface area contributed by atoms with Crippen LogP contribution in [0.5, 0.6) is 0 Å². The number of amides is 1. The van der Waals surface area contributed by atoms with Gasteiger partial charge in [0.15, 0.2) is 0 Å². The number of aliphatic hydroxyl groups excluding tert-OH is 1. The third-order valence-corrected chi connectivity index (χ3v) is 3.08. The van der Waals surface area contributed by atoms with Crippen molar-refractivity contribution in [2.45, 2.75) is 24.8 Å². The Morgan fingerprint density at radius 1 is 1.44 bits per heavy atom. The van der Waals surface area contributed by atoms with Crippen LogP contribution in [0.1, 0.15) is 12.5 Å². The highest BCUT2D eigenvalue weighted by Crippen LogP contribution is 2.17. The van der Waals surface area contributed by atoms with E-state index in [0.717, 1.165) is 4.90 Å². The fourth-order valence-electron chi connectivity index (χ4n) is 1.15. The summed E-state index contributed by atoms with van der Waals surface area (Å²) in [7, 11) is 0. The van der Waals surface area contributed by atoms with Crippen LogP contribution in [0.15, 0.2) is 29.2 Å². The van der Waals surface area contributed by atoms with Crippen LogP contribution in [0, 0.1) is 6.92 Å². The topological polar surface area (TPSA) is 49.3 Å². The lowest BCUT2D eigenvalue weighted by Gasteiger charge is -2.10. The molecule has 3 nitrogen and oxygen atoms in total. The van der Waals surface area contributed by atoms with Crippen molar-refractivity contribution in [1.82, 2.24) is 5.32 Å². The van der Waals surface area contributed by atoms with Crippen molar-refractivity contribution in [3.63, 3.8) is 0 Å². The molecule has 0 fully saturated rings. The van der Waals surface area contributed by atoms with Gasteiger partial charge in [0.05, 0.1) is 12.4 Å². The summed E-state index contributed by atoms with van der Waals surface area (Å²) in [4.78, 5) is 12.5. The minimum atomic E-state index is -0.175. The molecule has 0 spiro atoms. The van der Waals surface area contributed by atoms with Crippen LogP contribution in [0.4, 0.5) is 0 Å². The molecule has 0 saturated carbocycles. The Balaban J connectivity index is 2.34. The van der Waals surface area contributed by atoms with Gasteiger partial charge in [-0.25, -0.2) is 0 Å². The monoisotopic (exact) mass is 239 g/mol. The average molecular weight is 239 g/mol. The molecule has 1 amide bonds. The van der Waals surface area contributed by atoms with Crippen LogP contribution in [0.25, 0.3) is 0 Å². The number of hydrogen-bond donors (Lipinski definition) is 2. The quantitative estimate of drug-likeness (QED) is 0.767. The summed E-state index contributed by atoms with van der Waals surface area (Å²) in [5.74, 6) is 0.333. The molecule has 4 heteroatoms. The summed E-state index contributed by atoms with van der Waals surface area (Å²) < 4.78 is 0. The third kappa shape index (κ3) is 4.68. The highest BCUT2D eigenvalue weighted by Gasteiger charge is 2.06. The molecule has 88 valence electrons. The largest absolute Gasteiger partial charge is 0.394 e. The van der Waals surface area contributed by atoms with Gasteiger partial charge in [-0.15, -0.1) is 11.8 Å². The predicted octanol–water partition coefficient (Wildman–Crippen LogP) is 1.58. The molecule has 0 radical (unpaired) electrons. The van der Waals surface area contributed by atoms with Crippen molar-refractivity contribution < 1.29 is 9.90 Å². The molecular weight excluding hydrogens is 222 g/mol. The third-order valence-electron chi connectivity index (χ3n) is 2.07. The molecule has 1 aromatic rings. The molecule has 1 aromatic carbocycles. The van der Waals surface area contributed by atoms with Crippen molar-refractivity contribution in [3.8, 4) is 0 Å². The van der Waals surface area contributed by atoms with Gasteiger partial charge in [0.2, 0.25) is 5.91 Å². The van der Waals surface area contributed by atoms with E-state index < -0.39 is 0 Å². The summed E-state index contributed by atoms with van der Waals surface area (Å²) in [5, 5.41) is 11.5. The second kappa shape index (κ2) is 6.55. The van der Waals surface area contributed by atoms with Crippen LogP contribution in [0.2, 0.25) is 0 Å². The van der Waals surface area contributed by atoms with Gasteiger partial charge in [0.25, 0.3) is 0 Å². The number of carbonyl (C=O) groups is 1. The summed E-state index contributed by atoms with van der Waals surface area (Å²) >= 11 is 1.50. The molecule has 0 bridgehead atoms. The van der Waals surface area contributed by atoms with Crippen LogP contribution in [0.3, 0.4) is 0 Å². The number of aliphatic hydroxyl groups is 1. The molecule has 1 unspecified atom stereocenters. The van der Waals surface area contributed by atoms with Crippen molar-refractivity contribution in [1.29, 1.82) is 0 Å². The van der Waals surface area contributed by atoms with Crippen LogP contribution >= 0.6 is 11.8 Å². The summed E-state index contributed by atoms with van der Waals surface area (Å²) in [6, 6.07) is 7.88. The van der Waals surface area contributed by atoms with E-state index in [2.05, 4.69) is 5.32 Å². The number of thioether (sulfide) groups is 1. The maximum Gasteiger partial charge on any atom is 0.230 e. The van der Waals surface area contributed by atoms with Crippen molar-refractivity contribution in [2.24, 2.45) is 0 Å². The number of rotatable bonds is 5. The van der Waals surface area contributed by atoms with Gasteiger partial charge >= 0.3 is 0 Å². The van der Waals surface area contributed by atoms with Crippen LogP contribution in [-0.4, -0.2) is 29.4 Å². The highest BCUT2D eigenvalue weighted by molar-refractivity contribution is 8.00. The molecular formula is C12H17NO2S. The first kappa shape index (κ1) is 13.1. The van der Waals surface area contributed by atoms with Gasteiger partial charge in [0, 0.05) is 10.9 Å².